The van der Waals surface area contributed by atoms with Gasteiger partial charge < -0.3 is 10.1 Å². The molecule has 3 aromatic rings. The molecule has 5 heteroatoms. The van der Waals surface area contributed by atoms with Gasteiger partial charge in [-0.25, -0.2) is 9.18 Å². The van der Waals surface area contributed by atoms with Crippen LogP contribution in [0.25, 0.3) is 0 Å². The first-order valence-electron chi connectivity index (χ1n) is 9.51. The number of esters is 1. The fraction of sp³-hybridized carbons (Fsp3) is 0.167. The van der Waals surface area contributed by atoms with Crippen molar-refractivity contribution in [1.82, 2.24) is 5.32 Å². The highest BCUT2D eigenvalue weighted by atomic mass is 19.1. The van der Waals surface area contributed by atoms with Crippen LogP contribution in [0, 0.1) is 5.82 Å². The van der Waals surface area contributed by atoms with E-state index in [-0.39, 0.29) is 23.8 Å². The summed E-state index contributed by atoms with van der Waals surface area (Å²) in [6.07, 6.45) is 0.703. The number of nitrogens with one attached hydrogen (secondary N) is 1. The Bertz CT molecular complexity index is 1050. The van der Waals surface area contributed by atoms with Crippen molar-refractivity contribution in [2.45, 2.75) is 18.9 Å². The SMILES string of the molecule is O=C(NCCc1cccc(F)c1)c1ccc2c(c1)C[C@@H](c1ccccc1)OC2=O. The molecule has 0 radical (unpaired) electrons. The van der Waals surface area contributed by atoms with Gasteiger partial charge in [0.25, 0.3) is 5.91 Å². The lowest BCUT2D eigenvalue weighted by Crippen LogP contribution is -2.27. The molecular formula is C24H20FNO3. The topological polar surface area (TPSA) is 55.4 Å². The number of carbonyl (C=O) groups is 2. The van der Waals surface area contributed by atoms with Crippen molar-refractivity contribution in [3.63, 3.8) is 0 Å². The van der Waals surface area contributed by atoms with E-state index < -0.39 is 0 Å². The summed E-state index contributed by atoms with van der Waals surface area (Å²) in [6.45, 7) is 0.397. The van der Waals surface area contributed by atoms with E-state index >= 15 is 0 Å². The minimum atomic E-state index is -0.377. The lowest BCUT2D eigenvalue weighted by atomic mass is 9.93. The molecule has 0 spiro atoms. The number of ether oxygens (including phenoxy) is 1. The van der Waals surface area contributed by atoms with Gasteiger partial charge >= 0.3 is 5.97 Å². The fourth-order valence-electron chi connectivity index (χ4n) is 3.51. The molecule has 29 heavy (non-hydrogen) atoms. The molecule has 0 bridgehead atoms. The molecule has 0 saturated heterocycles. The summed E-state index contributed by atoms with van der Waals surface area (Å²) >= 11 is 0. The van der Waals surface area contributed by atoms with Gasteiger partial charge in [-0.05, 0) is 53.4 Å². The second kappa shape index (κ2) is 8.27. The Morgan fingerprint density at radius 2 is 1.86 bits per heavy atom. The molecule has 1 amide bonds. The van der Waals surface area contributed by atoms with Crippen LogP contribution in [-0.2, 0) is 17.6 Å². The molecule has 1 heterocycles. The number of hydrogen-bond acceptors (Lipinski definition) is 3. The van der Waals surface area contributed by atoms with Gasteiger partial charge in [0.2, 0.25) is 0 Å². The maximum absolute atomic E-state index is 13.2. The van der Waals surface area contributed by atoms with Crippen molar-refractivity contribution in [3.8, 4) is 0 Å². The van der Waals surface area contributed by atoms with Crippen molar-refractivity contribution in [3.05, 3.63) is 106 Å². The third-order valence-corrected chi connectivity index (χ3v) is 5.00. The average molecular weight is 389 g/mol. The van der Waals surface area contributed by atoms with Crippen LogP contribution in [0.1, 0.15) is 43.5 Å². The molecular weight excluding hydrogens is 369 g/mol. The van der Waals surface area contributed by atoms with Crippen molar-refractivity contribution >= 4 is 11.9 Å². The number of cyclic esters (lactones) is 1. The van der Waals surface area contributed by atoms with Crippen LogP contribution in [0.15, 0.2) is 72.8 Å². The molecule has 4 rings (SSSR count). The Hall–Kier alpha value is -3.47. The monoisotopic (exact) mass is 389 g/mol. The minimum Gasteiger partial charge on any atom is -0.454 e. The first kappa shape index (κ1) is 18.9. The molecule has 1 aliphatic rings. The van der Waals surface area contributed by atoms with E-state index in [0.717, 1.165) is 16.7 Å². The summed E-state index contributed by atoms with van der Waals surface area (Å²) in [6, 6.07) is 20.9. The van der Waals surface area contributed by atoms with Crippen LogP contribution in [0.2, 0.25) is 0 Å². The van der Waals surface area contributed by atoms with Crippen LogP contribution >= 0.6 is 0 Å². The third kappa shape index (κ3) is 4.35. The first-order chi connectivity index (χ1) is 14.1. The first-order valence-corrected chi connectivity index (χ1v) is 9.51. The van der Waals surface area contributed by atoms with Crippen molar-refractivity contribution in [2.75, 3.05) is 6.54 Å². The largest absolute Gasteiger partial charge is 0.454 e. The maximum Gasteiger partial charge on any atom is 0.339 e. The molecule has 0 aliphatic carbocycles. The Balaban J connectivity index is 1.44. The number of benzene rings is 3. The van der Waals surface area contributed by atoms with Gasteiger partial charge in [0.05, 0.1) is 5.56 Å². The van der Waals surface area contributed by atoms with Gasteiger partial charge in [-0.15, -0.1) is 0 Å². The summed E-state index contributed by atoms with van der Waals surface area (Å²) in [4.78, 5) is 24.9. The maximum atomic E-state index is 13.2. The Labute approximate surface area is 168 Å². The molecule has 0 fully saturated rings. The van der Waals surface area contributed by atoms with Gasteiger partial charge in [-0.3, -0.25) is 4.79 Å². The number of rotatable bonds is 5. The fourth-order valence-corrected chi connectivity index (χ4v) is 3.51. The molecule has 1 aliphatic heterocycles. The number of amides is 1. The van der Waals surface area contributed by atoms with Crippen molar-refractivity contribution < 1.29 is 18.7 Å². The summed E-state index contributed by atoms with van der Waals surface area (Å²) in [5.74, 6) is -0.888. The molecule has 1 atom stereocenters. The smallest absolute Gasteiger partial charge is 0.339 e. The molecule has 0 unspecified atom stereocenters. The molecule has 0 saturated carbocycles. The van der Waals surface area contributed by atoms with Gasteiger partial charge in [0.1, 0.15) is 11.9 Å². The standard InChI is InChI=1S/C24H20FNO3/c25-20-8-4-5-16(13-20)11-12-26-23(27)18-9-10-21-19(14-18)15-22(29-24(21)28)17-6-2-1-3-7-17/h1-10,13-14,22H,11-12,15H2,(H,26,27)/t22-/m0/s1. The van der Waals surface area contributed by atoms with E-state index in [0.29, 0.717) is 30.5 Å². The average Bonchev–Trinajstić information content (AvgIpc) is 2.74. The van der Waals surface area contributed by atoms with Crippen LogP contribution in [0.4, 0.5) is 4.39 Å². The van der Waals surface area contributed by atoms with Crippen LogP contribution in [0.3, 0.4) is 0 Å². The zero-order valence-electron chi connectivity index (χ0n) is 15.7. The Kier molecular flexibility index (Phi) is 5.38. The van der Waals surface area contributed by atoms with E-state index in [1.54, 1.807) is 24.3 Å². The Morgan fingerprint density at radius 1 is 1.03 bits per heavy atom. The van der Waals surface area contributed by atoms with E-state index in [4.69, 9.17) is 4.74 Å². The van der Waals surface area contributed by atoms with E-state index in [1.165, 1.54) is 12.1 Å². The zero-order valence-corrected chi connectivity index (χ0v) is 15.7. The number of fused-ring (bicyclic) bond motifs is 1. The number of carbonyl (C=O) groups excluding carboxylic acids is 2. The summed E-state index contributed by atoms with van der Waals surface area (Å²) < 4.78 is 18.8. The lowest BCUT2D eigenvalue weighted by Gasteiger charge is -2.25. The second-order valence-corrected chi connectivity index (χ2v) is 7.02. The molecule has 1 N–H and O–H groups in total. The van der Waals surface area contributed by atoms with Crippen LogP contribution < -0.4 is 5.32 Å². The third-order valence-electron chi connectivity index (χ3n) is 5.00. The zero-order chi connectivity index (χ0) is 20.2. The lowest BCUT2D eigenvalue weighted by molar-refractivity contribution is 0.0252. The van der Waals surface area contributed by atoms with Crippen molar-refractivity contribution in [2.24, 2.45) is 0 Å². The summed E-state index contributed by atoms with van der Waals surface area (Å²) in [7, 11) is 0. The quantitative estimate of drug-likeness (QED) is 0.664. The van der Waals surface area contributed by atoms with E-state index in [9.17, 15) is 14.0 Å². The highest BCUT2D eigenvalue weighted by Crippen LogP contribution is 2.31. The van der Waals surface area contributed by atoms with E-state index in [1.807, 2.05) is 36.4 Å². The Morgan fingerprint density at radius 3 is 2.66 bits per heavy atom. The molecule has 3 aromatic carbocycles. The molecule has 0 aromatic heterocycles. The number of halogens is 1. The normalized spacial score (nSPS) is 15.3. The molecule has 146 valence electrons. The second-order valence-electron chi connectivity index (χ2n) is 7.02. The van der Waals surface area contributed by atoms with Gasteiger partial charge in [-0.1, -0.05) is 42.5 Å². The predicted molar refractivity (Wildman–Crippen MR) is 107 cm³/mol. The van der Waals surface area contributed by atoms with Crippen molar-refractivity contribution in [1.29, 1.82) is 0 Å². The van der Waals surface area contributed by atoms with Gasteiger partial charge in [-0.2, -0.15) is 0 Å². The van der Waals surface area contributed by atoms with Gasteiger partial charge in [0, 0.05) is 18.5 Å². The summed E-state index contributed by atoms with van der Waals surface area (Å²) in [5.41, 5.74) is 3.53. The van der Waals surface area contributed by atoms with Crippen LogP contribution in [-0.4, -0.2) is 18.4 Å². The highest BCUT2D eigenvalue weighted by Gasteiger charge is 2.28. The van der Waals surface area contributed by atoms with Gasteiger partial charge in [0.15, 0.2) is 0 Å². The summed E-state index contributed by atoms with van der Waals surface area (Å²) in [5, 5.41) is 2.85. The molecule has 4 nitrogen and oxygen atoms in total. The van der Waals surface area contributed by atoms with E-state index in [2.05, 4.69) is 5.32 Å². The highest BCUT2D eigenvalue weighted by molar-refractivity contribution is 5.97. The minimum absolute atomic E-state index is 0.223. The van der Waals surface area contributed by atoms with Crippen LogP contribution in [0.5, 0.6) is 0 Å². The number of hydrogen-bond donors (Lipinski definition) is 1. The predicted octanol–water partition coefficient (Wildman–Crippen LogP) is 4.25.